The number of halogens is 2. The lowest BCUT2D eigenvalue weighted by Gasteiger charge is -2.09. The topological polar surface area (TPSA) is 26.3 Å². The average molecular weight is 359 g/mol. The number of benzene rings is 2. The minimum absolute atomic E-state index is 0.394. The maximum atomic E-state index is 10.9. The van der Waals surface area contributed by atoms with Gasteiger partial charge in [0.05, 0.1) is 10.6 Å². The molecule has 0 N–H and O–H groups in total. The van der Waals surface area contributed by atoms with Crippen LogP contribution in [0.1, 0.15) is 10.4 Å². The van der Waals surface area contributed by atoms with Crippen LogP contribution in [0.3, 0.4) is 0 Å². The van der Waals surface area contributed by atoms with E-state index in [0.29, 0.717) is 22.1 Å². The Kier molecular flexibility index (Phi) is 4.02. The van der Waals surface area contributed by atoms with Crippen LogP contribution in [0.2, 0.25) is 5.02 Å². The first-order valence-corrected chi connectivity index (χ1v) is 6.33. The van der Waals surface area contributed by atoms with Gasteiger partial charge in [0.1, 0.15) is 5.75 Å². The molecule has 0 saturated carbocycles. The minimum Gasteiger partial charge on any atom is -0.455 e. The van der Waals surface area contributed by atoms with Crippen molar-refractivity contribution >= 4 is 40.5 Å². The van der Waals surface area contributed by atoms with Gasteiger partial charge in [0.15, 0.2) is 12.0 Å². The lowest BCUT2D eigenvalue weighted by molar-refractivity contribution is 0.112. The van der Waals surface area contributed by atoms with E-state index in [1.165, 1.54) is 0 Å². The average Bonchev–Trinajstić information content (AvgIpc) is 2.34. The van der Waals surface area contributed by atoms with Gasteiger partial charge in [-0.05, 0) is 59.0 Å². The molecule has 0 aliphatic rings. The largest absolute Gasteiger partial charge is 0.455 e. The van der Waals surface area contributed by atoms with E-state index in [1.807, 2.05) is 24.3 Å². The number of carbonyl (C=O) groups excluding carboxylic acids is 1. The van der Waals surface area contributed by atoms with Gasteiger partial charge in [0.25, 0.3) is 0 Å². The molecule has 0 saturated heterocycles. The van der Waals surface area contributed by atoms with Gasteiger partial charge in [0, 0.05) is 3.57 Å². The summed E-state index contributed by atoms with van der Waals surface area (Å²) in [5, 5.41) is 0.424. The second kappa shape index (κ2) is 5.51. The van der Waals surface area contributed by atoms with E-state index in [0.717, 1.165) is 9.86 Å². The van der Waals surface area contributed by atoms with Crippen LogP contribution >= 0.6 is 34.2 Å². The number of carbonyl (C=O) groups is 1. The summed E-state index contributed by atoms with van der Waals surface area (Å²) >= 11 is 8.21. The van der Waals surface area contributed by atoms with E-state index in [9.17, 15) is 4.79 Å². The Labute approximate surface area is 118 Å². The van der Waals surface area contributed by atoms with Gasteiger partial charge in [-0.1, -0.05) is 17.7 Å². The van der Waals surface area contributed by atoms with Crippen LogP contribution in [0.4, 0.5) is 0 Å². The van der Waals surface area contributed by atoms with Crippen LogP contribution in [-0.4, -0.2) is 6.29 Å². The maximum absolute atomic E-state index is 10.9. The van der Waals surface area contributed by atoms with Crippen molar-refractivity contribution in [3.05, 3.63) is 56.6 Å². The van der Waals surface area contributed by atoms with Crippen molar-refractivity contribution in [2.24, 2.45) is 0 Å². The number of rotatable bonds is 3. The predicted molar refractivity (Wildman–Crippen MR) is 76.1 cm³/mol. The summed E-state index contributed by atoms with van der Waals surface area (Å²) in [4.78, 5) is 10.9. The van der Waals surface area contributed by atoms with Crippen molar-refractivity contribution in [3.8, 4) is 11.5 Å². The molecular weight excluding hydrogens is 350 g/mol. The monoisotopic (exact) mass is 358 g/mol. The molecule has 0 unspecified atom stereocenters. The molecule has 0 aliphatic carbocycles. The minimum atomic E-state index is 0.394. The Morgan fingerprint density at radius 3 is 2.47 bits per heavy atom. The highest BCUT2D eigenvalue weighted by Gasteiger charge is 2.08. The molecule has 2 rings (SSSR count). The maximum Gasteiger partial charge on any atom is 0.156 e. The molecule has 0 spiro atoms. The van der Waals surface area contributed by atoms with E-state index >= 15 is 0 Å². The zero-order valence-electron chi connectivity index (χ0n) is 8.69. The summed E-state index contributed by atoms with van der Waals surface area (Å²) in [6.07, 6.45) is 0.730. The van der Waals surface area contributed by atoms with Crippen LogP contribution in [0, 0.1) is 3.57 Å². The summed E-state index contributed by atoms with van der Waals surface area (Å²) in [6.45, 7) is 0. The van der Waals surface area contributed by atoms with Crippen LogP contribution in [0.5, 0.6) is 11.5 Å². The van der Waals surface area contributed by atoms with Crippen LogP contribution in [0.15, 0.2) is 42.5 Å². The summed E-state index contributed by atoms with van der Waals surface area (Å²) < 4.78 is 6.74. The smallest absolute Gasteiger partial charge is 0.156 e. The third-order valence-corrected chi connectivity index (χ3v) is 3.17. The van der Waals surface area contributed by atoms with Gasteiger partial charge < -0.3 is 4.74 Å². The lowest BCUT2D eigenvalue weighted by atomic mass is 10.2. The van der Waals surface area contributed by atoms with Gasteiger partial charge in [-0.3, -0.25) is 4.79 Å². The highest BCUT2D eigenvalue weighted by atomic mass is 127. The van der Waals surface area contributed by atoms with E-state index in [1.54, 1.807) is 18.2 Å². The first-order chi connectivity index (χ1) is 8.20. The molecule has 4 heteroatoms. The summed E-state index contributed by atoms with van der Waals surface area (Å²) in [5.74, 6) is 1.05. The second-order valence-electron chi connectivity index (χ2n) is 3.33. The zero-order chi connectivity index (χ0) is 12.3. The van der Waals surface area contributed by atoms with Gasteiger partial charge in [0.2, 0.25) is 0 Å². The lowest BCUT2D eigenvalue weighted by Crippen LogP contribution is -1.91. The zero-order valence-corrected chi connectivity index (χ0v) is 11.6. The molecule has 2 nitrogen and oxygen atoms in total. The Morgan fingerprint density at radius 1 is 1.12 bits per heavy atom. The van der Waals surface area contributed by atoms with Crippen molar-refractivity contribution in [2.45, 2.75) is 0 Å². The first kappa shape index (κ1) is 12.4. The van der Waals surface area contributed by atoms with Crippen LogP contribution < -0.4 is 4.74 Å². The summed E-state index contributed by atoms with van der Waals surface area (Å²) in [6, 6.07) is 12.6. The molecule has 0 radical (unpaired) electrons. The third-order valence-electron chi connectivity index (χ3n) is 2.16. The Hall–Kier alpha value is -1.07. The Balaban J connectivity index is 2.35. The van der Waals surface area contributed by atoms with E-state index < -0.39 is 0 Å². The van der Waals surface area contributed by atoms with Crippen LogP contribution in [-0.2, 0) is 0 Å². The predicted octanol–water partition coefficient (Wildman–Crippen LogP) is 4.55. The molecule has 0 aliphatic heterocycles. The number of ether oxygens (including phenoxy) is 1. The molecular formula is C13H8ClIO2. The molecule has 0 fully saturated rings. The van der Waals surface area contributed by atoms with Crippen molar-refractivity contribution in [1.82, 2.24) is 0 Å². The van der Waals surface area contributed by atoms with E-state index in [4.69, 9.17) is 16.3 Å². The standard InChI is InChI=1S/C13H8ClIO2/c14-12-3-1-2-9(8-16)13(12)17-11-6-4-10(15)5-7-11/h1-8H. The number of aldehydes is 1. The highest BCUT2D eigenvalue weighted by Crippen LogP contribution is 2.32. The van der Waals surface area contributed by atoms with Gasteiger partial charge in [-0.25, -0.2) is 0 Å². The highest BCUT2D eigenvalue weighted by molar-refractivity contribution is 14.1. The van der Waals surface area contributed by atoms with E-state index in [2.05, 4.69) is 22.6 Å². The first-order valence-electron chi connectivity index (χ1n) is 4.88. The Morgan fingerprint density at radius 2 is 1.82 bits per heavy atom. The quantitative estimate of drug-likeness (QED) is 0.594. The fourth-order valence-electron chi connectivity index (χ4n) is 1.35. The van der Waals surface area contributed by atoms with Crippen molar-refractivity contribution in [1.29, 1.82) is 0 Å². The fraction of sp³-hybridized carbons (Fsp3) is 0. The molecule has 2 aromatic rings. The van der Waals surface area contributed by atoms with Gasteiger partial charge in [-0.2, -0.15) is 0 Å². The second-order valence-corrected chi connectivity index (χ2v) is 4.98. The Bertz CT molecular complexity index is 538. The number of para-hydroxylation sites is 1. The van der Waals surface area contributed by atoms with Crippen molar-refractivity contribution < 1.29 is 9.53 Å². The molecule has 17 heavy (non-hydrogen) atoms. The fourth-order valence-corrected chi connectivity index (χ4v) is 1.93. The third kappa shape index (κ3) is 2.98. The molecule has 86 valence electrons. The normalized spacial score (nSPS) is 10.0. The number of hydrogen-bond donors (Lipinski definition) is 0. The van der Waals surface area contributed by atoms with Gasteiger partial charge in [-0.15, -0.1) is 0 Å². The summed E-state index contributed by atoms with van der Waals surface area (Å²) in [7, 11) is 0. The molecule has 0 atom stereocenters. The van der Waals surface area contributed by atoms with Crippen LogP contribution in [0.25, 0.3) is 0 Å². The molecule has 0 heterocycles. The number of hydrogen-bond acceptors (Lipinski definition) is 2. The SMILES string of the molecule is O=Cc1cccc(Cl)c1Oc1ccc(I)cc1. The van der Waals surface area contributed by atoms with Crippen molar-refractivity contribution in [2.75, 3.05) is 0 Å². The van der Waals surface area contributed by atoms with Gasteiger partial charge >= 0.3 is 0 Å². The molecule has 0 amide bonds. The molecule has 0 bridgehead atoms. The van der Waals surface area contributed by atoms with E-state index in [-0.39, 0.29) is 0 Å². The van der Waals surface area contributed by atoms with Crippen molar-refractivity contribution in [3.63, 3.8) is 0 Å². The molecule has 0 aromatic heterocycles. The summed E-state index contributed by atoms with van der Waals surface area (Å²) in [5.41, 5.74) is 0.441. The molecule has 2 aromatic carbocycles.